The van der Waals surface area contributed by atoms with Crippen molar-refractivity contribution in [1.29, 1.82) is 0 Å². The fraction of sp³-hybridized carbons (Fsp3) is 1.00. The lowest BCUT2D eigenvalue weighted by molar-refractivity contribution is -0.110. The zero-order chi connectivity index (χ0) is 45.9. The van der Waals surface area contributed by atoms with Gasteiger partial charge in [-0.25, -0.2) is 0 Å². The molecule has 0 aromatic rings. The Morgan fingerprint density at radius 2 is 0.649 bits per heavy atom. The molecule has 1 aliphatic heterocycles. The minimum atomic E-state index is -1.51. The van der Waals surface area contributed by atoms with Crippen molar-refractivity contribution in [2.24, 2.45) is 5.92 Å². The highest BCUT2D eigenvalue weighted by Gasteiger charge is 2.34. The maximum atomic E-state index is 9.52. The van der Waals surface area contributed by atoms with Crippen molar-refractivity contribution in [1.82, 2.24) is 0 Å². The van der Waals surface area contributed by atoms with Crippen molar-refractivity contribution >= 4 is 0 Å². The highest BCUT2D eigenvalue weighted by Crippen LogP contribution is 2.19. The van der Waals surface area contributed by atoms with Crippen LogP contribution in [0.25, 0.3) is 0 Å². The molecule has 0 radical (unpaired) electrons. The molecule has 0 amide bonds. The van der Waals surface area contributed by atoms with Crippen molar-refractivity contribution in [2.75, 3.05) is 46.2 Å². The second-order valence-electron chi connectivity index (χ2n) is 13.2. The zero-order valence-electron chi connectivity index (χ0n) is 32.3. The van der Waals surface area contributed by atoms with E-state index in [0.29, 0.717) is 13.0 Å². The highest BCUT2D eigenvalue weighted by molar-refractivity contribution is 4.83. The molecule has 0 aliphatic carbocycles. The predicted octanol–water partition coefficient (Wildman–Crippen LogP) is -12.1. The molecule has 57 heavy (non-hydrogen) atoms. The molecule has 20 unspecified atom stereocenters. The Morgan fingerprint density at radius 3 is 0.842 bits per heavy atom. The molecule has 1 rings (SSSR count). The number of rotatable bonds is 18. The van der Waals surface area contributed by atoms with Crippen LogP contribution in [0, 0.1) is 5.92 Å². The van der Waals surface area contributed by atoms with Gasteiger partial charge in [-0.05, 0) is 34.1 Å². The molecule has 1 heterocycles. The van der Waals surface area contributed by atoms with Crippen LogP contribution in [-0.4, -0.2) is 285 Å². The van der Waals surface area contributed by atoms with E-state index >= 15 is 0 Å². The van der Waals surface area contributed by atoms with Gasteiger partial charge in [-0.3, -0.25) is 0 Å². The maximum absolute atomic E-state index is 9.52. The van der Waals surface area contributed by atoms with Crippen molar-refractivity contribution in [3.05, 3.63) is 0 Å². The monoisotopic (exact) mass is 856 g/mol. The fourth-order valence-corrected chi connectivity index (χ4v) is 3.94. The Balaban J connectivity index is -0.000000309. The van der Waals surface area contributed by atoms with Gasteiger partial charge >= 0.3 is 0 Å². The van der Waals surface area contributed by atoms with Crippen LogP contribution in [0.2, 0.25) is 0 Å². The molecule has 350 valence electrons. The summed E-state index contributed by atoms with van der Waals surface area (Å²) < 4.78 is 5.08. The lowest BCUT2D eigenvalue weighted by Gasteiger charge is -2.26. The van der Waals surface area contributed by atoms with Crippen LogP contribution in [0.3, 0.4) is 0 Å². The highest BCUT2D eigenvalue weighted by atomic mass is 16.5. The van der Waals surface area contributed by atoms with Gasteiger partial charge in [0.15, 0.2) is 0 Å². The molecular formula is C32H72O25. The van der Waals surface area contributed by atoms with Gasteiger partial charge in [0.1, 0.15) is 73.2 Å². The van der Waals surface area contributed by atoms with Gasteiger partial charge in [-0.2, -0.15) is 0 Å². The first-order valence-corrected chi connectivity index (χ1v) is 17.7. The van der Waals surface area contributed by atoms with Gasteiger partial charge < -0.3 is 127 Å². The van der Waals surface area contributed by atoms with Crippen LogP contribution >= 0.6 is 0 Å². The topological polar surface area (TPSA) is 495 Å². The maximum Gasteiger partial charge on any atom is 0.110 e. The lowest BCUT2D eigenvalue weighted by Crippen LogP contribution is -2.44. The molecule has 0 aromatic heterocycles. The first-order chi connectivity index (χ1) is 26.2. The van der Waals surface area contributed by atoms with Crippen molar-refractivity contribution in [3.63, 3.8) is 0 Å². The normalized spacial score (nSPS) is 26.0. The van der Waals surface area contributed by atoms with Crippen molar-refractivity contribution in [3.8, 4) is 0 Å². The molecule has 0 saturated carbocycles. The van der Waals surface area contributed by atoms with E-state index in [2.05, 4.69) is 0 Å². The number of hydrogen-bond acceptors (Lipinski definition) is 25. The SMILES string of the molecule is CC(O)C(O)C(O)C(O)CO.CC(O)C(O)C(O)C(O)CO.CC(O)C(O)C(O)C(O)CO.CC(O)C(O)C(O)C(O)CO.OCC(O)C1COCCC(O)C1O. The Kier molecular flexibility index (Phi) is 38.1. The van der Waals surface area contributed by atoms with E-state index in [9.17, 15) is 15.3 Å². The number of aliphatic hydroxyl groups is 24. The average molecular weight is 857 g/mol. The Bertz CT molecular complexity index is 787. The Morgan fingerprint density at radius 1 is 0.404 bits per heavy atom. The van der Waals surface area contributed by atoms with Gasteiger partial charge in [0, 0.05) is 12.5 Å². The van der Waals surface area contributed by atoms with Crippen LogP contribution < -0.4 is 0 Å². The second kappa shape index (κ2) is 34.7. The molecule has 1 saturated heterocycles. The fourth-order valence-electron chi connectivity index (χ4n) is 3.94. The number of aliphatic hydroxyl groups excluding tert-OH is 24. The Hall–Kier alpha value is -1.00. The summed E-state index contributed by atoms with van der Waals surface area (Å²) in [5.41, 5.74) is 0. The number of hydrogen-bond donors (Lipinski definition) is 24. The van der Waals surface area contributed by atoms with Gasteiger partial charge in [-0.15, -0.1) is 0 Å². The molecular weight excluding hydrogens is 784 g/mol. The van der Waals surface area contributed by atoms with Crippen molar-refractivity contribution in [2.45, 2.75) is 150 Å². The van der Waals surface area contributed by atoms with Gasteiger partial charge in [0.05, 0.1) is 82.4 Å². The largest absolute Gasteiger partial charge is 0.394 e. The smallest absolute Gasteiger partial charge is 0.110 e. The first kappa shape index (κ1) is 62.6. The van der Waals surface area contributed by atoms with E-state index in [1.807, 2.05) is 0 Å². The predicted molar refractivity (Wildman–Crippen MR) is 191 cm³/mol. The summed E-state index contributed by atoms with van der Waals surface area (Å²) in [5, 5.41) is 212. The summed E-state index contributed by atoms with van der Waals surface area (Å²) in [6.07, 6.45) is -24.6. The summed E-state index contributed by atoms with van der Waals surface area (Å²) in [5.74, 6) is -0.609. The van der Waals surface area contributed by atoms with Crippen LogP contribution in [0.4, 0.5) is 0 Å². The quantitative estimate of drug-likeness (QED) is 0.0608. The van der Waals surface area contributed by atoms with E-state index in [1.165, 1.54) is 27.7 Å². The van der Waals surface area contributed by atoms with Crippen LogP contribution in [0.15, 0.2) is 0 Å². The van der Waals surface area contributed by atoms with E-state index in [-0.39, 0.29) is 6.61 Å². The summed E-state index contributed by atoms with van der Waals surface area (Å²) >= 11 is 0. The minimum Gasteiger partial charge on any atom is -0.394 e. The zero-order valence-corrected chi connectivity index (χ0v) is 32.3. The van der Waals surface area contributed by atoms with Crippen LogP contribution in [0.5, 0.6) is 0 Å². The standard InChI is InChI=1S/C8H16O5.4C6H14O5/c9-3-7(11)5-4-13-2-1-6(10)8(5)12;4*1-3(8)5(10)6(11)4(9)2-7/h5-12H,1-4H2;4*3-11H,2H2,1H3. The van der Waals surface area contributed by atoms with E-state index in [4.69, 9.17) is 112 Å². The van der Waals surface area contributed by atoms with E-state index < -0.39 is 155 Å². The van der Waals surface area contributed by atoms with Crippen molar-refractivity contribution < 1.29 is 127 Å². The third-order valence-electron chi connectivity index (χ3n) is 8.08. The molecule has 20 atom stereocenters. The summed E-state index contributed by atoms with van der Waals surface area (Å²) in [7, 11) is 0. The molecule has 0 aromatic carbocycles. The first-order valence-electron chi connectivity index (χ1n) is 17.7. The lowest BCUT2D eigenvalue weighted by atomic mass is 9.93. The van der Waals surface area contributed by atoms with E-state index in [0.717, 1.165) is 0 Å². The molecule has 24 N–H and O–H groups in total. The Labute approximate surface area is 329 Å². The molecule has 25 nitrogen and oxygen atoms in total. The molecule has 1 aliphatic rings. The van der Waals surface area contributed by atoms with Crippen LogP contribution in [-0.2, 0) is 4.74 Å². The summed E-state index contributed by atoms with van der Waals surface area (Å²) in [4.78, 5) is 0. The minimum absolute atomic E-state index is 0.167. The second-order valence-corrected chi connectivity index (χ2v) is 13.2. The van der Waals surface area contributed by atoms with Gasteiger partial charge in [0.25, 0.3) is 0 Å². The average Bonchev–Trinajstić information content (AvgIpc) is 3.36. The third kappa shape index (κ3) is 26.7. The van der Waals surface area contributed by atoms with Crippen LogP contribution in [0.1, 0.15) is 34.1 Å². The summed E-state index contributed by atoms with van der Waals surface area (Å²) in [6, 6.07) is 0. The molecule has 0 spiro atoms. The third-order valence-corrected chi connectivity index (χ3v) is 8.08. The van der Waals surface area contributed by atoms with Gasteiger partial charge in [0.2, 0.25) is 0 Å². The molecule has 1 fully saturated rings. The number of ether oxygens (including phenoxy) is 1. The molecule has 25 heteroatoms. The van der Waals surface area contributed by atoms with E-state index in [1.54, 1.807) is 0 Å². The molecule has 0 bridgehead atoms. The van der Waals surface area contributed by atoms with Gasteiger partial charge in [-0.1, -0.05) is 0 Å². The summed E-state index contributed by atoms with van der Waals surface area (Å²) in [6.45, 7) is 2.61.